The van der Waals surface area contributed by atoms with Crippen molar-refractivity contribution in [1.82, 2.24) is 19.9 Å². The van der Waals surface area contributed by atoms with Crippen LogP contribution in [0.15, 0.2) is 36.4 Å². The molecule has 1 fully saturated rings. The van der Waals surface area contributed by atoms with Crippen molar-refractivity contribution in [2.75, 3.05) is 28.6 Å². The maximum atomic E-state index is 13.7. The van der Waals surface area contributed by atoms with Gasteiger partial charge in [-0.3, -0.25) is 14.2 Å². The number of hydrogen-bond acceptors (Lipinski definition) is 6. The lowest BCUT2D eigenvalue weighted by atomic mass is 9.95. The van der Waals surface area contributed by atoms with Gasteiger partial charge in [-0.15, -0.1) is 0 Å². The zero-order valence-electron chi connectivity index (χ0n) is 26.3. The average molecular weight is 729 g/mol. The monoisotopic (exact) mass is 727 g/mol. The second kappa shape index (κ2) is 13.6. The molecule has 0 unspecified atom stereocenters. The van der Waals surface area contributed by atoms with Gasteiger partial charge in [0.1, 0.15) is 17.2 Å². The SMILES string of the molecule is Cn1c(Nc2c(Cl)ccc(CNC(=O)C(C)(C)C)c2Cl)nc2cc(C(=O)Nc3ccc(F)c(Cl)c3)c(N3CCC(C(F)(F)F)CC3)nc21. The number of carbonyl (C=O) groups is 2. The Bertz CT molecular complexity index is 1880. The van der Waals surface area contributed by atoms with Crippen molar-refractivity contribution in [2.24, 2.45) is 18.4 Å². The van der Waals surface area contributed by atoms with Gasteiger partial charge in [-0.1, -0.05) is 61.6 Å². The third-order valence-corrected chi connectivity index (χ3v) is 9.07. The molecule has 2 amide bonds. The smallest absolute Gasteiger partial charge is 0.356 e. The molecular weight excluding hydrogens is 697 g/mol. The second-order valence-electron chi connectivity index (χ2n) is 12.5. The highest BCUT2D eigenvalue weighted by Crippen LogP contribution is 2.38. The fourth-order valence-electron chi connectivity index (χ4n) is 5.21. The van der Waals surface area contributed by atoms with Crippen molar-refractivity contribution >= 4 is 80.9 Å². The predicted octanol–water partition coefficient (Wildman–Crippen LogP) is 8.50. The number of nitrogens with one attached hydrogen (secondary N) is 3. The number of imidazole rings is 1. The van der Waals surface area contributed by atoms with Gasteiger partial charge in [-0.05, 0) is 48.7 Å². The van der Waals surface area contributed by atoms with Crippen LogP contribution in [0.1, 0.15) is 49.5 Å². The molecular formula is C32H32Cl3F4N7O2. The third-order valence-electron chi connectivity index (χ3n) is 8.03. The molecule has 0 radical (unpaired) electrons. The molecule has 0 bridgehead atoms. The summed E-state index contributed by atoms with van der Waals surface area (Å²) in [4.78, 5) is 37.0. The number of fused-ring (bicyclic) bond motifs is 1. The van der Waals surface area contributed by atoms with Crippen LogP contribution in [0.2, 0.25) is 15.1 Å². The first-order chi connectivity index (χ1) is 22.4. The van der Waals surface area contributed by atoms with Crippen LogP contribution in [0.3, 0.4) is 0 Å². The molecule has 3 heterocycles. The van der Waals surface area contributed by atoms with E-state index in [9.17, 15) is 27.2 Å². The van der Waals surface area contributed by atoms with Gasteiger partial charge in [-0.2, -0.15) is 13.2 Å². The first-order valence-corrected chi connectivity index (χ1v) is 16.0. The Morgan fingerprint density at radius 1 is 0.979 bits per heavy atom. The molecule has 1 saturated heterocycles. The number of rotatable bonds is 7. The lowest BCUT2D eigenvalue weighted by molar-refractivity contribution is -0.179. The standard InChI is InChI=1S/C32H32Cl3F4N7O2/c1-31(2,3)29(48)40-15-16-5-7-20(33)25(24(16)35)43-30-42-23-14-19(28(47)41-18-6-8-22(36)21(34)13-18)26(44-27(23)45(30)4)46-11-9-17(10-12-46)32(37,38)39/h5-8,13-14,17H,9-12,15H2,1-4H3,(H,40,48)(H,41,47)(H,42,43). The van der Waals surface area contributed by atoms with E-state index in [0.29, 0.717) is 16.9 Å². The molecule has 0 atom stereocenters. The molecule has 2 aromatic heterocycles. The maximum absolute atomic E-state index is 13.7. The quantitative estimate of drug-likeness (QED) is 0.165. The summed E-state index contributed by atoms with van der Waals surface area (Å²) in [6.07, 6.45) is -4.66. The number of nitrogens with zero attached hydrogens (tertiary/aromatic N) is 4. The van der Waals surface area contributed by atoms with Crippen LogP contribution in [0, 0.1) is 17.2 Å². The molecule has 0 spiro atoms. The van der Waals surface area contributed by atoms with E-state index in [1.807, 2.05) is 0 Å². The zero-order valence-corrected chi connectivity index (χ0v) is 28.6. The lowest BCUT2D eigenvalue weighted by Gasteiger charge is -2.34. The molecule has 1 aliphatic rings. The molecule has 256 valence electrons. The number of piperidine rings is 1. The molecule has 0 aliphatic carbocycles. The predicted molar refractivity (Wildman–Crippen MR) is 180 cm³/mol. The summed E-state index contributed by atoms with van der Waals surface area (Å²) in [6.45, 7) is 5.55. The number of aryl methyl sites for hydroxylation is 1. The summed E-state index contributed by atoms with van der Waals surface area (Å²) in [5.41, 5.74) is 1.19. The minimum Gasteiger partial charge on any atom is -0.356 e. The molecule has 4 aromatic rings. The highest BCUT2D eigenvalue weighted by Gasteiger charge is 2.41. The molecule has 5 rings (SSSR count). The van der Waals surface area contributed by atoms with Gasteiger partial charge in [0, 0.05) is 37.8 Å². The topological polar surface area (TPSA) is 104 Å². The largest absolute Gasteiger partial charge is 0.391 e. The zero-order chi connectivity index (χ0) is 35.1. The van der Waals surface area contributed by atoms with Crippen LogP contribution >= 0.6 is 34.8 Å². The van der Waals surface area contributed by atoms with Gasteiger partial charge < -0.3 is 20.9 Å². The Morgan fingerprint density at radius 2 is 1.67 bits per heavy atom. The van der Waals surface area contributed by atoms with Crippen molar-refractivity contribution in [3.63, 3.8) is 0 Å². The number of alkyl halides is 3. The van der Waals surface area contributed by atoms with Crippen LogP contribution < -0.4 is 20.9 Å². The number of amides is 2. The van der Waals surface area contributed by atoms with Gasteiger partial charge in [0.2, 0.25) is 11.9 Å². The Morgan fingerprint density at radius 3 is 2.29 bits per heavy atom. The Kier molecular flexibility index (Phi) is 10.1. The fraction of sp³-hybridized carbons (Fsp3) is 0.375. The number of pyridine rings is 1. The van der Waals surface area contributed by atoms with Gasteiger partial charge >= 0.3 is 6.18 Å². The number of benzene rings is 2. The highest BCUT2D eigenvalue weighted by atomic mass is 35.5. The van der Waals surface area contributed by atoms with Crippen molar-refractivity contribution in [2.45, 2.75) is 46.3 Å². The lowest BCUT2D eigenvalue weighted by Crippen LogP contribution is -2.40. The van der Waals surface area contributed by atoms with Crippen LogP contribution in [0.4, 0.5) is 40.7 Å². The van der Waals surface area contributed by atoms with E-state index in [1.165, 1.54) is 18.2 Å². The molecule has 9 nitrogen and oxygen atoms in total. The Balaban J connectivity index is 1.51. The minimum atomic E-state index is -4.33. The molecule has 2 aromatic carbocycles. The van der Waals surface area contributed by atoms with E-state index >= 15 is 0 Å². The minimum absolute atomic E-state index is 0.0120. The Hall–Kier alpha value is -3.81. The molecule has 0 saturated carbocycles. The van der Waals surface area contributed by atoms with Crippen molar-refractivity contribution in [3.8, 4) is 0 Å². The molecule has 48 heavy (non-hydrogen) atoms. The van der Waals surface area contributed by atoms with E-state index in [2.05, 4.69) is 20.9 Å². The number of aromatic nitrogens is 3. The summed E-state index contributed by atoms with van der Waals surface area (Å²) in [5.74, 6) is -2.52. The molecule has 1 aliphatic heterocycles. The van der Waals surface area contributed by atoms with Gasteiger partial charge in [0.05, 0.1) is 32.2 Å². The summed E-state index contributed by atoms with van der Waals surface area (Å²) >= 11 is 19.1. The molecule has 3 N–H and O–H groups in total. The van der Waals surface area contributed by atoms with Crippen molar-refractivity contribution < 1.29 is 27.2 Å². The average Bonchev–Trinajstić information content (AvgIpc) is 3.32. The van der Waals surface area contributed by atoms with Crippen molar-refractivity contribution in [3.05, 3.63) is 68.4 Å². The number of halogens is 7. The molecule has 16 heteroatoms. The van der Waals surface area contributed by atoms with Gasteiger partial charge in [-0.25, -0.2) is 14.4 Å². The summed E-state index contributed by atoms with van der Waals surface area (Å²) < 4.78 is 55.7. The Labute approximate surface area is 288 Å². The van der Waals surface area contributed by atoms with E-state index in [1.54, 1.807) is 49.4 Å². The van der Waals surface area contributed by atoms with Crippen LogP contribution in [0.5, 0.6) is 0 Å². The van der Waals surface area contributed by atoms with E-state index in [-0.39, 0.29) is 82.0 Å². The first-order valence-electron chi connectivity index (χ1n) is 14.9. The van der Waals surface area contributed by atoms with E-state index < -0.39 is 29.2 Å². The second-order valence-corrected chi connectivity index (χ2v) is 13.7. The van der Waals surface area contributed by atoms with Crippen molar-refractivity contribution in [1.29, 1.82) is 0 Å². The number of carbonyl (C=O) groups excluding carboxylic acids is 2. The number of hydrogen-bond donors (Lipinski definition) is 3. The summed E-state index contributed by atoms with van der Waals surface area (Å²) in [6, 6.07) is 8.49. The fourth-order valence-corrected chi connectivity index (χ4v) is 5.92. The summed E-state index contributed by atoms with van der Waals surface area (Å²) in [5, 5.41) is 8.97. The maximum Gasteiger partial charge on any atom is 0.391 e. The van der Waals surface area contributed by atoms with E-state index in [0.717, 1.165) is 6.07 Å². The van der Waals surface area contributed by atoms with E-state index in [4.69, 9.17) is 39.8 Å². The summed E-state index contributed by atoms with van der Waals surface area (Å²) in [7, 11) is 1.67. The van der Waals surface area contributed by atoms with Gasteiger partial charge in [0.15, 0.2) is 5.65 Å². The highest BCUT2D eigenvalue weighted by molar-refractivity contribution is 6.39. The van der Waals surface area contributed by atoms with Crippen LogP contribution in [0.25, 0.3) is 11.2 Å². The van der Waals surface area contributed by atoms with Crippen LogP contribution in [-0.2, 0) is 18.4 Å². The van der Waals surface area contributed by atoms with Crippen LogP contribution in [-0.4, -0.2) is 45.6 Å². The normalized spacial score (nSPS) is 14.4. The number of anilines is 4. The third kappa shape index (κ3) is 7.58. The van der Waals surface area contributed by atoms with Gasteiger partial charge in [0.25, 0.3) is 5.91 Å². The first kappa shape index (κ1) is 35.5.